The molecule has 2 heterocycles. The average molecular weight is 524 g/mol. The predicted octanol–water partition coefficient (Wildman–Crippen LogP) is 6.97. The fourth-order valence-electron chi connectivity index (χ4n) is 4.07. The van der Waals surface area contributed by atoms with Crippen molar-refractivity contribution in [3.05, 3.63) is 66.2 Å². The Morgan fingerprint density at radius 3 is 2.53 bits per heavy atom. The number of aromatic amines is 1. The van der Waals surface area contributed by atoms with Crippen molar-refractivity contribution in [1.82, 2.24) is 9.97 Å². The minimum atomic E-state index is -4.76. The van der Waals surface area contributed by atoms with Gasteiger partial charge < -0.3 is 29.8 Å². The number of methoxy groups -OCH3 is 1. The molecule has 1 aromatic heterocycles. The number of benzene rings is 3. The molecule has 0 saturated carbocycles. The van der Waals surface area contributed by atoms with Crippen LogP contribution in [0.2, 0.25) is 0 Å². The van der Waals surface area contributed by atoms with E-state index in [2.05, 4.69) is 25.3 Å². The lowest BCUT2D eigenvalue weighted by molar-refractivity contribution is -0.274. The number of aromatic nitrogens is 2. The van der Waals surface area contributed by atoms with E-state index in [-0.39, 0.29) is 5.75 Å². The van der Waals surface area contributed by atoms with Gasteiger partial charge in [0.2, 0.25) is 0 Å². The molecule has 0 aliphatic carbocycles. The molecule has 1 aliphatic heterocycles. The first-order valence-corrected chi connectivity index (χ1v) is 11.5. The Morgan fingerprint density at radius 1 is 1.05 bits per heavy atom. The van der Waals surface area contributed by atoms with Crippen molar-refractivity contribution in [2.24, 2.45) is 0 Å². The lowest BCUT2D eigenvalue weighted by atomic mass is 10.0. The molecule has 1 aliphatic rings. The van der Waals surface area contributed by atoms with Gasteiger partial charge in [-0.2, -0.15) is 0 Å². The molecule has 3 N–H and O–H groups in total. The third-order valence-electron chi connectivity index (χ3n) is 5.74. The van der Waals surface area contributed by atoms with Crippen LogP contribution in [0.15, 0.2) is 60.7 Å². The summed E-state index contributed by atoms with van der Waals surface area (Å²) in [4.78, 5) is 20.4. The number of fused-ring (bicyclic) bond motifs is 2. The summed E-state index contributed by atoms with van der Waals surface area (Å²) in [6.45, 7) is 3.89. The van der Waals surface area contributed by atoms with Crippen molar-refractivity contribution in [2.45, 2.75) is 25.8 Å². The number of nitrogens with zero attached hydrogens (tertiary/aromatic N) is 1. The van der Waals surface area contributed by atoms with E-state index >= 15 is 0 Å². The summed E-state index contributed by atoms with van der Waals surface area (Å²) < 4.78 is 52.6. The number of urea groups is 1. The first-order chi connectivity index (χ1) is 18.0. The summed E-state index contributed by atoms with van der Waals surface area (Å²) >= 11 is 0. The summed E-state index contributed by atoms with van der Waals surface area (Å²) in [6, 6.07) is 13.5. The maximum atomic E-state index is 12.8. The van der Waals surface area contributed by atoms with Crippen LogP contribution in [0, 0.1) is 0 Å². The number of rotatable bonds is 5. The van der Waals surface area contributed by atoms with E-state index in [0.29, 0.717) is 45.3 Å². The number of alkyl halides is 3. The Bertz CT molecular complexity index is 1540. The zero-order valence-electron chi connectivity index (χ0n) is 20.6. The molecule has 2 amide bonds. The maximum absolute atomic E-state index is 12.8. The van der Waals surface area contributed by atoms with Gasteiger partial charge in [0, 0.05) is 11.3 Å². The molecular formula is C27H23F3N4O4. The van der Waals surface area contributed by atoms with Crippen LogP contribution >= 0.6 is 0 Å². The van der Waals surface area contributed by atoms with E-state index in [1.54, 1.807) is 30.3 Å². The molecule has 11 heteroatoms. The van der Waals surface area contributed by atoms with E-state index in [9.17, 15) is 18.0 Å². The van der Waals surface area contributed by atoms with Crippen LogP contribution in [-0.2, 0) is 0 Å². The molecule has 0 radical (unpaired) electrons. The second-order valence-electron chi connectivity index (χ2n) is 9.07. The number of H-pyrrole nitrogens is 1. The van der Waals surface area contributed by atoms with E-state index in [0.717, 1.165) is 5.56 Å². The summed E-state index contributed by atoms with van der Waals surface area (Å²) in [7, 11) is 1.52. The van der Waals surface area contributed by atoms with E-state index < -0.39 is 18.0 Å². The first-order valence-electron chi connectivity index (χ1n) is 11.5. The van der Waals surface area contributed by atoms with Crippen molar-refractivity contribution in [2.75, 3.05) is 17.7 Å². The number of hydrogen-bond acceptors (Lipinski definition) is 5. The predicted molar refractivity (Wildman–Crippen MR) is 138 cm³/mol. The van der Waals surface area contributed by atoms with Crippen LogP contribution in [-0.4, -0.2) is 35.1 Å². The maximum Gasteiger partial charge on any atom is 0.573 e. The minimum Gasteiger partial charge on any atom is -0.494 e. The largest absolute Gasteiger partial charge is 0.573 e. The van der Waals surface area contributed by atoms with Gasteiger partial charge in [-0.05, 0) is 80.6 Å². The highest BCUT2D eigenvalue weighted by atomic mass is 19.4. The SMILES string of the molecule is COc1c(NC(=O)Nc2ccc3[nH]c(-c4ccc(OC(F)(F)F)cc4)nc3c2)ccc2c1C=CC(C)(C)O2. The Morgan fingerprint density at radius 2 is 1.82 bits per heavy atom. The highest BCUT2D eigenvalue weighted by Crippen LogP contribution is 2.41. The van der Waals surface area contributed by atoms with Gasteiger partial charge in [-0.25, -0.2) is 9.78 Å². The van der Waals surface area contributed by atoms with E-state index in [1.165, 1.54) is 31.4 Å². The zero-order valence-corrected chi connectivity index (χ0v) is 20.6. The average Bonchev–Trinajstić information content (AvgIpc) is 3.26. The molecule has 0 spiro atoms. The van der Waals surface area contributed by atoms with Crippen LogP contribution in [0.1, 0.15) is 19.4 Å². The molecule has 38 heavy (non-hydrogen) atoms. The number of carbonyl (C=O) groups excluding carboxylic acids is 1. The Balaban J connectivity index is 1.31. The minimum absolute atomic E-state index is 0.321. The Labute approximate surface area is 215 Å². The Hall–Kier alpha value is -4.67. The monoisotopic (exact) mass is 524 g/mol. The van der Waals surface area contributed by atoms with E-state index in [1.807, 2.05) is 26.0 Å². The quantitative estimate of drug-likeness (QED) is 0.262. The summed E-state index contributed by atoms with van der Waals surface area (Å²) in [5.74, 6) is 1.27. The number of anilines is 2. The third kappa shape index (κ3) is 5.36. The highest BCUT2D eigenvalue weighted by molar-refractivity contribution is 6.02. The number of ether oxygens (including phenoxy) is 3. The molecule has 0 atom stereocenters. The molecule has 0 unspecified atom stereocenters. The van der Waals surface area contributed by atoms with Gasteiger partial charge in [0.15, 0.2) is 5.75 Å². The number of nitrogens with one attached hydrogen (secondary N) is 3. The van der Waals surface area contributed by atoms with Gasteiger partial charge >= 0.3 is 12.4 Å². The lowest BCUT2D eigenvalue weighted by Crippen LogP contribution is -2.27. The van der Waals surface area contributed by atoms with Gasteiger partial charge in [0.05, 0.1) is 29.4 Å². The molecule has 4 aromatic rings. The normalized spacial score (nSPS) is 13.9. The zero-order chi connectivity index (χ0) is 27.1. The number of hydrogen-bond donors (Lipinski definition) is 3. The van der Waals surface area contributed by atoms with Crippen LogP contribution in [0.4, 0.5) is 29.3 Å². The van der Waals surface area contributed by atoms with Gasteiger partial charge in [-0.1, -0.05) is 0 Å². The molecule has 3 aromatic carbocycles. The molecule has 0 saturated heterocycles. The van der Waals surface area contributed by atoms with Crippen molar-refractivity contribution >= 4 is 34.5 Å². The molecule has 0 bridgehead atoms. The molecule has 196 valence electrons. The van der Waals surface area contributed by atoms with E-state index in [4.69, 9.17) is 9.47 Å². The van der Waals surface area contributed by atoms with Crippen molar-refractivity contribution in [1.29, 1.82) is 0 Å². The molecular weight excluding hydrogens is 501 g/mol. The standard InChI is InChI=1S/C27H23F3N4O4/c1-26(2)13-12-18-22(38-26)11-10-20(23(18)36-3)34-25(35)31-16-6-9-19-21(14-16)33-24(32-19)15-4-7-17(8-5-15)37-27(28,29)30/h4-14H,1-3H3,(H,32,33)(H2,31,34,35). The van der Waals surface area contributed by atoms with Crippen molar-refractivity contribution < 1.29 is 32.2 Å². The van der Waals surface area contributed by atoms with Gasteiger partial charge in [0.1, 0.15) is 22.9 Å². The summed E-state index contributed by atoms with van der Waals surface area (Å²) in [6.07, 6.45) is -0.940. The smallest absolute Gasteiger partial charge is 0.494 e. The number of carbonyl (C=O) groups is 1. The molecule has 5 rings (SSSR count). The topological polar surface area (TPSA) is 97.5 Å². The van der Waals surface area contributed by atoms with Crippen molar-refractivity contribution in [3.63, 3.8) is 0 Å². The summed E-state index contributed by atoms with van der Waals surface area (Å²) in [5, 5.41) is 5.57. The Kier molecular flexibility index (Phi) is 6.14. The molecule has 8 nitrogen and oxygen atoms in total. The van der Waals surface area contributed by atoms with Crippen LogP contribution in [0.25, 0.3) is 28.5 Å². The second-order valence-corrected chi connectivity index (χ2v) is 9.07. The fraction of sp³-hybridized carbons (Fsp3) is 0.185. The van der Waals surface area contributed by atoms with Crippen molar-refractivity contribution in [3.8, 4) is 28.6 Å². The third-order valence-corrected chi connectivity index (χ3v) is 5.74. The van der Waals surface area contributed by atoms with Crippen LogP contribution in [0.5, 0.6) is 17.2 Å². The van der Waals surface area contributed by atoms with Gasteiger partial charge in [-0.15, -0.1) is 13.2 Å². The van der Waals surface area contributed by atoms with Gasteiger partial charge in [-0.3, -0.25) is 0 Å². The number of amides is 2. The first kappa shape index (κ1) is 25.0. The summed E-state index contributed by atoms with van der Waals surface area (Å²) in [5.41, 5.74) is 3.07. The van der Waals surface area contributed by atoms with Crippen LogP contribution < -0.4 is 24.8 Å². The number of imidazole rings is 1. The van der Waals surface area contributed by atoms with Gasteiger partial charge in [0.25, 0.3) is 0 Å². The number of halogens is 3. The fourth-order valence-corrected chi connectivity index (χ4v) is 4.07. The highest BCUT2D eigenvalue weighted by Gasteiger charge is 2.31. The van der Waals surface area contributed by atoms with Crippen LogP contribution in [0.3, 0.4) is 0 Å². The molecule has 0 fully saturated rings. The lowest BCUT2D eigenvalue weighted by Gasteiger charge is -2.29. The second kappa shape index (κ2) is 9.33.